The molecule has 0 radical (unpaired) electrons. The standard InChI is InChI=1S/C27H45NOS/c1-25(2)23-8-6-20-21-7-5-19(11-14-28-15-17-30-18-16-28)26(21,3)12-9-22(20)27(23,4)13-10-24(25)29/h19,22-24,29H,5-18H2,1-4H3/t19-,22?,23+,24?,26?,27?/m1/s1. The molecule has 3 heteroatoms. The van der Waals surface area contributed by atoms with Gasteiger partial charge < -0.3 is 10.0 Å². The first-order chi connectivity index (χ1) is 14.3. The van der Waals surface area contributed by atoms with Gasteiger partial charge in [0.05, 0.1) is 6.10 Å². The predicted octanol–water partition coefficient (Wildman–Crippen LogP) is 6.15. The molecule has 1 heterocycles. The fourth-order valence-corrected chi connectivity index (χ4v) is 10.0. The van der Waals surface area contributed by atoms with Crippen LogP contribution in [0.2, 0.25) is 0 Å². The maximum absolute atomic E-state index is 10.8. The van der Waals surface area contributed by atoms with Crippen molar-refractivity contribution in [2.75, 3.05) is 31.1 Å². The lowest BCUT2D eigenvalue weighted by Crippen LogP contribution is -2.55. The molecular weight excluding hydrogens is 386 g/mol. The molecule has 170 valence electrons. The number of aliphatic hydroxyl groups excluding tert-OH is 1. The second-order valence-corrected chi connectivity index (χ2v) is 13.7. The van der Waals surface area contributed by atoms with Gasteiger partial charge in [0.15, 0.2) is 0 Å². The van der Waals surface area contributed by atoms with Crippen LogP contribution in [0.25, 0.3) is 0 Å². The summed E-state index contributed by atoms with van der Waals surface area (Å²) in [5.74, 6) is 5.06. The molecule has 0 bridgehead atoms. The molecule has 1 N–H and O–H groups in total. The molecule has 3 saturated carbocycles. The van der Waals surface area contributed by atoms with Crippen LogP contribution >= 0.6 is 11.8 Å². The van der Waals surface area contributed by atoms with E-state index < -0.39 is 0 Å². The Morgan fingerprint density at radius 1 is 0.967 bits per heavy atom. The number of hydrogen-bond acceptors (Lipinski definition) is 3. The predicted molar refractivity (Wildman–Crippen MR) is 129 cm³/mol. The van der Waals surface area contributed by atoms with Crippen LogP contribution in [0.5, 0.6) is 0 Å². The van der Waals surface area contributed by atoms with Crippen molar-refractivity contribution >= 4 is 11.8 Å². The Balaban J connectivity index is 1.36. The van der Waals surface area contributed by atoms with Crippen LogP contribution in [0.15, 0.2) is 11.1 Å². The monoisotopic (exact) mass is 431 g/mol. The third kappa shape index (κ3) is 3.27. The molecule has 1 aliphatic heterocycles. The largest absolute Gasteiger partial charge is 0.393 e. The number of fused-ring (bicyclic) bond motifs is 4. The van der Waals surface area contributed by atoms with E-state index in [1.807, 2.05) is 11.1 Å². The Morgan fingerprint density at radius 2 is 1.73 bits per heavy atom. The summed E-state index contributed by atoms with van der Waals surface area (Å²) in [6.45, 7) is 13.9. The number of thioether (sulfide) groups is 1. The zero-order chi connectivity index (χ0) is 21.1. The van der Waals surface area contributed by atoms with Gasteiger partial charge in [-0.15, -0.1) is 0 Å². The maximum atomic E-state index is 10.8. The van der Waals surface area contributed by atoms with Crippen LogP contribution in [0.4, 0.5) is 0 Å². The molecular formula is C27H45NOS. The van der Waals surface area contributed by atoms with Crippen LogP contribution in [0.1, 0.15) is 85.5 Å². The number of rotatable bonds is 3. The second-order valence-electron chi connectivity index (χ2n) is 12.5. The Labute approximate surface area is 189 Å². The number of nitrogens with zero attached hydrogens (tertiary/aromatic N) is 1. The lowest BCUT2D eigenvalue weighted by Gasteiger charge is -2.61. The summed E-state index contributed by atoms with van der Waals surface area (Å²) in [6.07, 6.45) is 11.8. The summed E-state index contributed by atoms with van der Waals surface area (Å²) in [6, 6.07) is 0. The van der Waals surface area contributed by atoms with Gasteiger partial charge in [-0.25, -0.2) is 0 Å². The summed E-state index contributed by atoms with van der Waals surface area (Å²) in [5, 5.41) is 10.8. The maximum Gasteiger partial charge on any atom is 0.0594 e. The fraction of sp³-hybridized carbons (Fsp3) is 0.926. The molecule has 5 rings (SSSR count). The van der Waals surface area contributed by atoms with E-state index >= 15 is 0 Å². The van der Waals surface area contributed by atoms with Gasteiger partial charge in [0.25, 0.3) is 0 Å². The molecule has 1 saturated heterocycles. The highest BCUT2D eigenvalue weighted by molar-refractivity contribution is 7.99. The number of hydrogen-bond donors (Lipinski definition) is 1. The summed E-state index contributed by atoms with van der Waals surface area (Å²) >= 11 is 2.13. The molecule has 0 aromatic heterocycles. The normalized spacial score (nSPS) is 46.3. The third-order valence-electron chi connectivity index (χ3n) is 11.0. The minimum Gasteiger partial charge on any atom is -0.393 e. The third-order valence-corrected chi connectivity index (χ3v) is 11.9. The number of allylic oxidation sites excluding steroid dienone is 2. The van der Waals surface area contributed by atoms with Crippen LogP contribution in [-0.4, -0.2) is 47.3 Å². The zero-order valence-electron chi connectivity index (χ0n) is 20.0. The Hall–Kier alpha value is 0.01000. The van der Waals surface area contributed by atoms with Gasteiger partial charge in [-0.3, -0.25) is 0 Å². The highest BCUT2D eigenvalue weighted by Crippen LogP contribution is 2.67. The summed E-state index contributed by atoms with van der Waals surface area (Å²) in [5.41, 5.74) is 4.81. The van der Waals surface area contributed by atoms with E-state index in [1.165, 1.54) is 82.5 Å². The summed E-state index contributed by atoms with van der Waals surface area (Å²) in [7, 11) is 0. The molecule has 0 amide bonds. The first kappa shape index (κ1) is 21.8. The topological polar surface area (TPSA) is 23.5 Å². The van der Waals surface area contributed by atoms with Crippen molar-refractivity contribution in [3.63, 3.8) is 0 Å². The number of aliphatic hydroxyl groups is 1. The summed E-state index contributed by atoms with van der Waals surface area (Å²) < 4.78 is 0. The van der Waals surface area contributed by atoms with Crippen molar-refractivity contribution in [1.82, 2.24) is 4.90 Å². The van der Waals surface area contributed by atoms with Gasteiger partial charge >= 0.3 is 0 Å². The van der Waals surface area contributed by atoms with Crippen molar-refractivity contribution in [3.05, 3.63) is 11.1 Å². The van der Waals surface area contributed by atoms with Crippen molar-refractivity contribution in [1.29, 1.82) is 0 Å². The smallest absolute Gasteiger partial charge is 0.0594 e. The van der Waals surface area contributed by atoms with Gasteiger partial charge in [0, 0.05) is 24.6 Å². The Kier molecular flexibility index (Phi) is 5.68. The van der Waals surface area contributed by atoms with Gasteiger partial charge in [0.1, 0.15) is 0 Å². The molecule has 0 aromatic rings. The Morgan fingerprint density at radius 3 is 2.50 bits per heavy atom. The van der Waals surface area contributed by atoms with E-state index in [-0.39, 0.29) is 11.5 Å². The van der Waals surface area contributed by atoms with Gasteiger partial charge in [0.2, 0.25) is 0 Å². The molecule has 30 heavy (non-hydrogen) atoms. The molecule has 4 fully saturated rings. The second kappa shape index (κ2) is 7.80. The fourth-order valence-electron chi connectivity index (χ4n) is 9.05. The van der Waals surface area contributed by atoms with E-state index in [0.717, 1.165) is 18.3 Å². The minimum absolute atomic E-state index is 0.0783. The van der Waals surface area contributed by atoms with Crippen LogP contribution in [0.3, 0.4) is 0 Å². The van der Waals surface area contributed by atoms with Gasteiger partial charge in [-0.1, -0.05) is 38.8 Å². The lowest BCUT2D eigenvalue weighted by atomic mass is 9.44. The van der Waals surface area contributed by atoms with E-state index in [1.54, 1.807) is 0 Å². The van der Waals surface area contributed by atoms with E-state index in [2.05, 4.69) is 44.4 Å². The Bertz CT molecular complexity index is 695. The van der Waals surface area contributed by atoms with Crippen LogP contribution in [-0.2, 0) is 0 Å². The quantitative estimate of drug-likeness (QED) is 0.543. The SMILES string of the molecule is CC12CCC3C(=C1CC[C@@H]2CCN1CCSCC1)CC[C@H]1C(C)(C)C(O)CCC31C. The van der Waals surface area contributed by atoms with E-state index in [4.69, 9.17) is 0 Å². The van der Waals surface area contributed by atoms with Crippen LogP contribution < -0.4 is 0 Å². The lowest BCUT2D eigenvalue weighted by molar-refractivity contribution is -0.128. The highest BCUT2D eigenvalue weighted by Gasteiger charge is 2.59. The molecule has 4 unspecified atom stereocenters. The van der Waals surface area contributed by atoms with Gasteiger partial charge in [-0.05, 0) is 98.3 Å². The van der Waals surface area contributed by atoms with Crippen molar-refractivity contribution < 1.29 is 5.11 Å². The molecule has 2 nitrogen and oxygen atoms in total. The van der Waals surface area contributed by atoms with Crippen molar-refractivity contribution in [3.8, 4) is 0 Å². The average molecular weight is 432 g/mol. The van der Waals surface area contributed by atoms with E-state index in [9.17, 15) is 5.11 Å². The molecule has 4 aliphatic carbocycles. The highest BCUT2D eigenvalue weighted by atomic mass is 32.2. The first-order valence-electron chi connectivity index (χ1n) is 13.0. The molecule has 5 aliphatic rings. The van der Waals surface area contributed by atoms with Crippen LogP contribution in [0, 0.1) is 34.0 Å². The molecule has 6 atom stereocenters. The van der Waals surface area contributed by atoms with Crippen molar-refractivity contribution in [2.45, 2.75) is 91.6 Å². The molecule has 0 spiro atoms. The van der Waals surface area contributed by atoms with E-state index in [0.29, 0.717) is 16.7 Å². The molecule has 0 aromatic carbocycles. The zero-order valence-corrected chi connectivity index (χ0v) is 20.8. The minimum atomic E-state index is -0.109. The average Bonchev–Trinajstić information content (AvgIpc) is 3.07. The van der Waals surface area contributed by atoms with Crippen molar-refractivity contribution in [2.24, 2.45) is 34.0 Å². The summed E-state index contributed by atoms with van der Waals surface area (Å²) in [4.78, 5) is 2.73. The van der Waals surface area contributed by atoms with Gasteiger partial charge in [-0.2, -0.15) is 11.8 Å². The first-order valence-corrected chi connectivity index (χ1v) is 14.1.